The molecule has 0 bridgehead atoms. The molecule has 0 aliphatic heterocycles. The molecule has 0 unspecified atom stereocenters. The minimum atomic E-state index is -0.368. The van der Waals surface area contributed by atoms with Crippen LogP contribution in [0.15, 0.2) is 24.5 Å². The molecule has 0 radical (unpaired) electrons. The Hall–Kier alpha value is -2.58. The van der Waals surface area contributed by atoms with Crippen LogP contribution in [0.5, 0.6) is 11.5 Å². The standard InChI is InChI=1S/C17H22ClN5O3/c1-23(2)6-5-19-17-20-9-11(10-21-17)16(24)22-13-8-14(25-3)12(18)7-15(13)26-4/h7-10H,5-6H2,1-4H3,(H,22,24)(H,19,20,21). The number of hydrogen-bond acceptors (Lipinski definition) is 7. The van der Waals surface area contributed by atoms with E-state index < -0.39 is 0 Å². The Morgan fingerprint density at radius 2 is 1.81 bits per heavy atom. The van der Waals surface area contributed by atoms with Gasteiger partial charge in [0.15, 0.2) is 0 Å². The summed E-state index contributed by atoms with van der Waals surface area (Å²) in [6.45, 7) is 1.56. The van der Waals surface area contributed by atoms with Gasteiger partial charge in [-0.25, -0.2) is 9.97 Å². The average Bonchev–Trinajstić information content (AvgIpc) is 2.63. The second kappa shape index (κ2) is 9.21. The van der Waals surface area contributed by atoms with E-state index >= 15 is 0 Å². The smallest absolute Gasteiger partial charge is 0.258 e. The van der Waals surface area contributed by atoms with Gasteiger partial charge in [0.05, 0.1) is 30.5 Å². The van der Waals surface area contributed by atoms with Crippen LogP contribution in [0.2, 0.25) is 5.02 Å². The Balaban J connectivity index is 2.08. The van der Waals surface area contributed by atoms with Crippen molar-refractivity contribution in [3.63, 3.8) is 0 Å². The van der Waals surface area contributed by atoms with Crippen LogP contribution >= 0.6 is 11.6 Å². The molecule has 0 aliphatic rings. The summed E-state index contributed by atoms with van der Waals surface area (Å²) in [4.78, 5) is 22.8. The highest BCUT2D eigenvalue weighted by Crippen LogP contribution is 2.36. The maximum Gasteiger partial charge on any atom is 0.258 e. The van der Waals surface area contributed by atoms with Crippen molar-refractivity contribution < 1.29 is 14.3 Å². The predicted molar refractivity (Wildman–Crippen MR) is 102 cm³/mol. The molecule has 0 saturated carbocycles. The number of carbonyl (C=O) groups excluding carboxylic acids is 1. The van der Waals surface area contributed by atoms with E-state index in [9.17, 15) is 4.79 Å². The maximum atomic E-state index is 12.4. The van der Waals surface area contributed by atoms with Gasteiger partial charge in [-0.15, -0.1) is 0 Å². The fourth-order valence-corrected chi connectivity index (χ4v) is 2.31. The lowest BCUT2D eigenvalue weighted by molar-refractivity contribution is 0.102. The lowest BCUT2D eigenvalue weighted by Crippen LogP contribution is -2.21. The van der Waals surface area contributed by atoms with E-state index in [1.165, 1.54) is 26.6 Å². The fraction of sp³-hybridized carbons (Fsp3) is 0.353. The number of methoxy groups -OCH3 is 2. The van der Waals surface area contributed by atoms with E-state index in [1.54, 1.807) is 12.1 Å². The van der Waals surface area contributed by atoms with Gasteiger partial charge in [-0.2, -0.15) is 0 Å². The number of hydrogen-bond donors (Lipinski definition) is 2. The van der Waals surface area contributed by atoms with E-state index in [-0.39, 0.29) is 5.91 Å². The van der Waals surface area contributed by atoms with Gasteiger partial charge in [0.2, 0.25) is 5.95 Å². The van der Waals surface area contributed by atoms with Crippen molar-refractivity contribution >= 4 is 29.1 Å². The molecule has 0 aliphatic carbocycles. The second-order valence-electron chi connectivity index (χ2n) is 5.67. The molecule has 0 saturated heterocycles. The summed E-state index contributed by atoms with van der Waals surface area (Å²) in [6.07, 6.45) is 2.92. The fourth-order valence-electron chi connectivity index (χ4n) is 2.08. The molecule has 2 aromatic rings. The normalized spacial score (nSPS) is 10.5. The van der Waals surface area contributed by atoms with Crippen LogP contribution in [-0.4, -0.2) is 62.2 Å². The van der Waals surface area contributed by atoms with Gasteiger partial charge in [-0.3, -0.25) is 4.79 Å². The zero-order valence-corrected chi connectivity index (χ0v) is 15.9. The Morgan fingerprint density at radius 3 is 2.38 bits per heavy atom. The van der Waals surface area contributed by atoms with Crippen molar-refractivity contribution in [2.75, 3.05) is 52.0 Å². The number of amides is 1. The molecule has 9 heteroatoms. The summed E-state index contributed by atoms with van der Waals surface area (Å²) in [7, 11) is 6.95. The van der Waals surface area contributed by atoms with Gasteiger partial charge in [0.25, 0.3) is 5.91 Å². The van der Waals surface area contributed by atoms with Gasteiger partial charge in [-0.05, 0) is 14.1 Å². The number of likely N-dealkylation sites (N-methyl/N-ethyl adjacent to an activating group) is 1. The maximum absolute atomic E-state index is 12.4. The highest BCUT2D eigenvalue weighted by molar-refractivity contribution is 6.32. The Morgan fingerprint density at radius 1 is 1.15 bits per heavy atom. The van der Waals surface area contributed by atoms with Gasteiger partial charge >= 0.3 is 0 Å². The van der Waals surface area contributed by atoms with Crippen molar-refractivity contribution in [1.29, 1.82) is 0 Å². The molecule has 26 heavy (non-hydrogen) atoms. The first-order valence-electron chi connectivity index (χ1n) is 7.88. The molecule has 140 valence electrons. The second-order valence-corrected chi connectivity index (χ2v) is 6.07. The predicted octanol–water partition coefficient (Wildman–Crippen LogP) is 2.37. The zero-order valence-electron chi connectivity index (χ0n) is 15.2. The molecule has 1 aromatic carbocycles. The van der Waals surface area contributed by atoms with E-state index in [1.807, 2.05) is 19.0 Å². The van der Waals surface area contributed by atoms with Crippen LogP contribution in [0, 0.1) is 0 Å². The highest BCUT2D eigenvalue weighted by Gasteiger charge is 2.14. The van der Waals surface area contributed by atoms with E-state index in [4.69, 9.17) is 21.1 Å². The van der Waals surface area contributed by atoms with Crippen LogP contribution in [0.4, 0.5) is 11.6 Å². The Kier molecular flexibility index (Phi) is 6.99. The van der Waals surface area contributed by atoms with Crippen molar-refractivity contribution in [3.05, 3.63) is 35.1 Å². The van der Waals surface area contributed by atoms with E-state index in [0.717, 1.165) is 6.54 Å². The van der Waals surface area contributed by atoms with Crippen LogP contribution < -0.4 is 20.1 Å². The summed E-state index contributed by atoms with van der Waals surface area (Å²) < 4.78 is 10.4. The lowest BCUT2D eigenvalue weighted by Gasteiger charge is -2.13. The highest BCUT2D eigenvalue weighted by atomic mass is 35.5. The Bertz CT molecular complexity index is 753. The number of halogens is 1. The first-order chi connectivity index (χ1) is 12.4. The van der Waals surface area contributed by atoms with Crippen LogP contribution in [0.25, 0.3) is 0 Å². The average molecular weight is 380 g/mol. The number of nitrogens with one attached hydrogen (secondary N) is 2. The number of anilines is 2. The van der Waals surface area contributed by atoms with Gasteiger partial charge < -0.3 is 25.0 Å². The number of carbonyl (C=O) groups is 1. The molecular formula is C17H22ClN5O3. The van der Waals surface area contributed by atoms with Crippen LogP contribution in [0.1, 0.15) is 10.4 Å². The van der Waals surface area contributed by atoms with Gasteiger partial charge in [0.1, 0.15) is 11.5 Å². The first-order valence-corrected chi connectivity index (χ1v) is 8.26. The number of nitrogens with zero attached hydrogens (tertiary/aromatic N) is 3. The van der Waals surface area contributed by atoms with Crippen molar-refractivity contribution in [2.24, 2.45) is 0 Å². The van der Waals surface area contributed by atoms with Crippen molar-refractivity contribution in [2.45, 2.75) is 0 Å². The molecule has 0 spiro atoms. The molecule has 2 N–H and O–H groups in total. The summed E-state index contributed by atoms with van der Waals surface area (Å²) in [5.41, 5.74) is 0.756. The van der Waals surface area contributed by atoms with Gasteiger partial charge in [0, 0.05) is 37.6 Å². The molecule has 1 heterocycles. The minimum absolute atomic E-state index is 0.319. The van der Waals surface area contributed by atoms with Crippen molar-refractivity contribution in [3.8, 4) is 11.5 Å². The third-order valence-electron chi connectivity index (χ3n) is 3.48. The number of ether oxygens (including phenoxy) is 2. The molecule has 1 amide bonds. The Labute approximate surface area is 157 Å². The number of aromatic nitrogens is 2. The summed E-state index contributed by atoms with van der Waals surface area (Å²) in [5, 5.41) is 6.22. The molecule has 8 nitrogen and oxygen atoms in total. The first kappa shape index (κ1) is 19.7. The van der Waals surface area contributed by atoms with E-state index in [0.29, 0.717) is 40.3 Å². The molecular weight excluding hydrogens is 358 g/mol. The van der Waals surface area contributed by atoms with Crippen molar-refractivity contribution in [1.82, 2.24) is 14.9 Å². The summed E-state index contributed by atoms with van der Waals surface area (Å²) in [6, 6.07) is 3.17. The number of rotatable bonds is 8. The quantitative estimate of drug-likeness (QED) is 0.727. The summed E-state index contributed by atoms with van der Waals surface area (Å²) in [5.74, 6) is 0.952. The molecule has 0 fully saturated rings. The topological polar surface area (TPSA) is 88.6 Å². The molecule has 2 rings (SSSR count). The number of benzene rings is 1. The lowest BCUT2D eigenvalue weighted by atomic mass is 10.2. The molecule has 0 atom stereocenters. The van der Waals surface area contributed by atoms with Crippen LogP contribution in [-0.2, 0) is 0 Å². The zero-order chi connectivity index (χ0) is 19.1. The third-order valence-corrected chi connectivity index (χ3v) is 3.77. The van der Waals surface area contributed by atoms with Gasteiger partial charge in [-0.1, -0.05) is 11.6 Å². The monoisotopic (exact) mass is 379 g/mol. The van der Waals surface area contributed by atoms with Crippen LogP contribution in [0.3, 0.4) is 0 Å². The largest absolute Gasteiger partial charge is 0.495 e. The summed E-state index contributed by atoms with van der Waals surface area (Å²) >= 11 is 6.06. The van der Waals surface area contributed by atoms with E-state index in [2.05, 4.69) is 20.6 Å². The SMILES string of the molecule is COc1cc(NC(=O)c2cnc(NCCN(C)C)nc2)c(OC)cc1Cl. The third kappa shape index (κ3) is 5.21. The molecule has 1 aromatic heterocycles. The minimum Gasteiger partial charge on any atom is -0.495 e.